The lowest BCUT2D eigenvalue weighted by atomic mass is 10.0. The van der Waals surface area contributed by atoms with Crippen molar-refractivity contribution >= 4 is 11.6 Å². The van der Waals surface area contributed by atoms with E-state index in [9.17, 15) is 15.0 Å². The molecule has 0 aliphatic carbocycles. The molecule has 0 fully saturated rings. The van der Waals surface area contributed by atoms with Gasteiger partial charge in [-0.25, -0.2) is 0 Å². The van der Waals surface area contributed by atoms with Gasteiger partial charge < -0.3 is 15.5 Å². The monoisotopic (exact) mass is 250 g/mol. The van der Waals surface area contributed by atoms with Gasteiger partial charge in [-0.3, -0.25) is 4.79 Å². The Kier molecular flexibility index (Phi) is 5.13. The quantitative estimate of drug-likeness (QED) is 0.413. The lowest BCUT2D eigenvalue weighted by Crippen LogP contribution is -2.34. The number of aliphatic hydroxyl groups is 2. The van der Waals surface area contributed by atoms with Crippen LogP contribution in [0.2, 0.25) is 0 Å². The van der Waals surface area contributed by atoms with Crippen LogP contribution in [0.5, 0.6) is 0 Å². The zero-order chi connectivity index (χ0) is 13.5. The van der Waals surface area contributed by atoms with Gasteiger partial charge in [0.15, 0.2) is 0 Å². The minimum absolute atomic E-state index is 0.0822. The molecule has 1 aromatic carbocycles. The van der Waals surface area contributed by atoms with Crippen LogP contribution in [0.1, 0.15) is 18.6 Å². The molecule has 7 heteroatoms. The maximum atomic E-state index is 10.7. The number of hydrogen-bond acceptors (Lipinski definition) is 4. The zero-order valence-corrected chi connectivity index (χ0v) is 9.82. The number of carbonyl (C=O) groups is 1. The van der Waals surface area contributed by atoms with Crippen LogP contribution in [0.15, 0.2) is 29.4 Å². The number of rotatable bonds is 5. The van der Waals surface area contributed by atoms with E-state index in [0.717, 1.165) is 0 Å². The zero-order valence-electron chi connectivity index (χ0n) is 9.82. The van der Waals surface area contributed by atoms with Crippen LogP contribution in [0.25, 0.3) is 10.4 Å². The number of aliphatic hydroxyl groups excluding tert-OH is 2. The number of benzene rings is 1. The summed E-state index contributed by atoms with van der Waals surface area (Å²) in [5, 5.41) is 25.5. The van der Waals surface area contributed by atoms with Gasteiger partial charge in [-0.2, -0.15) is 0 Å². The summed E-state index contributed by atoms with van der Waals surface area (Å²) in [6, 6.07) is 6.38. The van der Waals surface area contributed by atoms with Crippen LogP contribution < -0.4 is 5.32 Å². The summed E-state index contributed by atoms with van der Waals surface area (Å²) in [7, 11) is 0. The fourth-order valence-electron chi connectivity index (χ4n) is 1.44. The maximum Gasteiger partial charge on any atom is 0.216 e. The van der Waals surface area contributed by atoms with Gasteiger partial charge in [0.25, 0.3) is 0 Å². The Labute approximate surface area is 104 Å². The van der Waals surface area contributed by atoms with Crippen molar-refractivity contribution in [1.29, 1.82) is 0 Å². The van der Waals surface area contributed by atoms with E-state index in [1.807, 2.05) is 0 Å². The molecule has 1 rings (SSSR count). The summed E-state index contributed by atoms with van der Waals surface area (Å²) in [4.78, 5) is 13.4. The van der Waals surface area contributed by atoms with Crippen LogP contribution in [0.4, 0.5) is 5.69 Å². The topological polar surface area (TPSA) is 118 Å². The van der Waals surface area contributed by atoms with Crippen LogP contribution >= 0.6 is 0 Å². The van der Waals surface area contributed by atoms with E-state index in [1.54, 1.807) is 18.2 Å². The molecule has 0 aromatic heterocycles. The van der Waals surface area contributed by atoms with Gasteiger partial charge in [-0.15, -0.1) is 0 Å². The molecule has 1 amide bonds. The molecule has 0 bridgehead atoms. The molecule has 18 heavy (non-hydrogen) atoms. The third kappa shape index (κ3) is 3.74. The number of azide groups is 1. The first-order valence-electron chi connectivity index (χ1n) is 5.31. The van der Waals surface area contributed by atoms with E-state index in [4.69, 9.17) is 5.53 Å². The number of hydrogen-bond donors (Lipinski definition) is 3. The maximum absolute atomic E-state index is 10.7. The van der Waals surface area contributed by atoms with Gasteiger partial charge in [-0.1, -0.05) is 29.4 Å². The number of amides is 1. The van der Waals surface area contributed by atoms with Gasteiger partial charge in [0.2, 0.25) is 5.91 Å². The largest absolute Gasteiger partial charge is 0.388 e. The van der Waals surface area contributed by atoms with Crippen molar-refractivity contribution < 1.29 is 15.0 Å². The summed E-state index contributed by atoms with van der Waals surface area (Å²) in [5.74, 6) is -0.301. The molecule has 7 nitrogen and oxygen atoms in total. The Balaban J connectivity index is 2.85. The smallest absolute Gasteiger partial charge is 0.216 e. The molecule has 2 unspecified atom stereocenters. The Morgan fingerprint density at radius 1 is 1.50 bits per heavy atom. The van der Waals surface area contributed by atoms with Gasteiger partial charge in [0, 0.05) is 24.1 Å². The van der Waals surface area contributed by atoms with E-state index in [-0.39, 0.29) is 18.1 Å². The number of nitrogens with one attached hydrogen (secondary N) is 1. The summed E-state index contributed by atoms with van der Waals surface area (Å²) in [6.45, 7) is 1.23. The highest BCUT2D eigenvalue weighted by Crippen LogP contribution is 2.27. The van der Waals surface area contributed by atoms with E-state index >= 15 is 0 Å². The lowest BCUT2D eigenvalue weighted by Gasteiger charge is -2.19. The van der Waals surface area contributed by atoms with Crippen molar-refractivity contribution in [3.05, 3.63) is 40.3 Å². The molecule has 0 saturated heterocycles. The lowest BCUT2D eigenvalue weighted by molar-refractivity contribution is -0.119. The van der Waals surface area contributed by atoms with E-state index < -0.39 is 12.2 Å². The van der Waals surface area contributed by atoms with Crippen LogP contribution in [-0.4, -0.2) is 28.8 Å². The SMILES string of the molecule is CC(=O)NCC(O)C(O)c1ccccc1N=[N+]=[N-]. The summed E-state index contributed by atoms with van der Waals surface area (Å²) < 4.78 is 0. The van der Waals surface area contributed by atoms with Crippen molar-refractivity contribution in [2.75, 3.05) is 6.54 Å². The predicted molar refractivity (Wildman–Crippen MR) is 64.9 cm³/mol. The van der Waals surface area contributed by atoms with E-state index in [1.165, 1.54) is 13.0 Å². The number of carbonyl (C=O) groups excluding carboxylic acids is 1. The molecular weight excluding hydrogens is 236 g/mol. The van der Waals surface area contributed by atoms with Crippen molar-refractivity contribution in [3.8, 4) is 0 Å². The molecule has 0 radical (unpaired) electrons. The van der Waals surface area contributed by atoms with Crippen molar-refractivity contribution in [2.24, 2.45) is 5.11 Å². The molecule has 0 saturated carbocycles. The van der Waals surface area contributed by atoms with E-state index in [0.29, 0.717) is 5.56 Å². The Morgan fingerprint density at radius 2 is 2.17 bits per heavy atom. The first-order chi connectivity index (χ1) is 8.56. The Bertz CT molecular complexity index is 471. The standard InChI is InChI=1S/C11H14N4O3/c1-7(16)13-6-10(17)11(18)8-4-2-3-5-9(8)14-15-12/h2-5,10-11,17-18H,6H2,1H3,(H,13,16). The molecule has 3 N–H and O–H groups in total. The molecule has 0 heterocycles. The molecular formula is C11H14N4O3. The molecule has 2 atom stereocenters. The molecule has 1 aromatic rings. The average molecular weight is 250 g/mol. The van der Waals surface area contributed by atoms with Crippen LogP contribution in [0.3, 0.4) is 0 Å². The molecule has 96 valence electrons. The number of nitrogens with zero attached hydrogens (tertiary/aromatic N) is 3. The Hall–Kier alpha value is -2.08. The van der Waals surface area contributed by atoms with Gasteiger partial charge in [-0.05, 0) is 11.1 Å². The minimum Gasteiger partial charge on any atom is -0.388 e. The van der Waals surface area contributed by atoms with Gasteiger partial charge in [0.05, 0.1) is 0 Å². The van der Waals surface area contributed by atoms with Gasteiger partial charge in [0.1, 0.15) is 12.2 Å². The van der Waals surface area contributed by atoms with Crippen LogP contribution in [-0.2, 0) is 4.79 Å². The fourth-order valence-corrected chi connectivity index (χ4v) is 1.44. The summed E-state index contributed by atoms with van der Waals surface area (Å²) in [5.41, 5.74) is 8.96. The van der Waals surface area contributed by atoms with Crippen LogP contribution in [0, 0.1) is 0 Å². The fraction of sp³-hybridized carbons (Fsp3) is 0.364. The normalized spacial score (nSPS) is 13.3. The van der Waals surface area contributed by atoms with Crippen molar-refractivity contribution in [3.63, 3.8) is 0 Å². The van der Waals surface area contributed by atoms with Gasteiger partial charge >= 0.3 is 0 Å². The van der Waals surface area contributed by atoms with E-state index in [2.05, 4.69) is 15.3 Å². The third-order valence-corrected chi connectivity index (χ3v) is 2.33. The van der Waals surface area contributed by atoms with Crippen molar-refractivity contribution in [2.45, 2.75) is 19.1 Å². The average Bonchev–Trinajstić information content (AvgIpc) is 2.36. The van der Waals surface area contributed by atoms with Crippen molar-refractivity contribution in [1.82, 2.24) is 5.32 Å². The first kappa shape index (κ1) is 14.0. The highest BCUT2D eigenvalue weighted by Gasteiger charge is 2.20. The minimum atomic E-state index is -1.24. The second kappa shape index (κ2) is 6.61. The second-order valence-electron chi connectivity index (χ2n) is 3.70. The molecule has 0 aliphatic heterocycles. The highest BCUT2D eigenvalue weighted by molar-refractivity contribution is 5.72. The molecule has 0 spiro atoms. The highest BCUT2D eigenvalue weighted by atomic mass is 16.3. The molecule has 0 aliphatic rings. The Morgan fingerprint density at radius 3 is 2.78 bits per heavy atom. The third-order valence-electron chi connectivity index (χ3n) is 2.33. The second-order valence-corrected chi connectivity index (χ2v) is 3.70. The summed E-state index contributed by atoms with van der Waals surface area (Å²) in [6.07, 6.45) is -2.41. The predicted octanol–water partition coefficient (Wildman–Crippen LogP) is 1.16. The first-order valence-corrected chi connectivity index (χ1v) is 5.31. The summed E-state index contributed by atoms with van der Waals surface area (Å²) >= 11 is 0.